The van der Waals surface area contributed by atoms with E-state index >= 15 is 0 Å². The van der Waals surface area contributed by atoms with Crippen LogP contribution in [0.15, 0.2) is 36.7 Å². The molecule has 20 heavy (non-hydrogen) atoms. The first-order valence-electron chi connectivity index (χ1n) is 5.72. The summed E-state index contributed by atoms with van der Waals surface area (Å²) in [7, 11) is 0. The van der Waals surface area contributed by atoms with Gasteiger partial charge >= 0.3 is 11.9 Å². The van der Waals surface area contributed by atoms with Gasteiger partial charge in [0.1, 0.15) is 0 Å². The van der Waals surface area contributed by atoms with Crippen molar-refractivity contribution in [2.45, 2.75) is 12.8 Å². The van der Waals surface area contributed by atoms with Gasteiger partial charge in [0.05, 0.1) is 0 Å². The number of hydrogen-bond acceptors (Lipinski definition) is 4. The molecule has 0 aliphatic carbocycles. The minimum Gasteiger partial charge on any atom is -0.478 e. The minimum absolute atomic E-state index is 0.00310. The normalized spacial score (nSPS) is 9.65. The smallest absolute Gasteiger partial charge is 0.328 e. The van der Waals surface area contributed by atoms with Crippen LogP contribution in [0.2, 0.25) is 0 Å². The maximum absolute atomic E-state index is 11.1. The maximum atomic E-state index is 11.1. The van der Waals surface area contributed by atoms with Gasteiger partial charge in [0, 0.05) is 31.0 Å². The predicted molar refractivity (Wildman–Crippen MR) is 71.5 cm³/mol. The van der Waals surface area contributed by atoms with Crippen LogP contribution in [-0.2, 0) is 14.4 Å². The molecule has 0 spiro atoms. The number of carboxylic acid groups (broad SMARTS) is 2. The van der Waals surface area contributed by atoms with Gasteiger partial charge in [-0.2, -0.15) is 0 Å². The highest BCUT2D eigenvalue weighted by Gasteiger charge is 1.98. The summed E-state index contributed by atoms with van der Waals surface area (Å²) in [5.74, 6) is -2.52. The van der Waals surface area contributed by atoms with Gasteiger partial charge in [-0.05, 0) is 25.1 Å². The Morgan fingerprint density at radius 1 is 1.10 bits per heavy atom. The van der Waals surface area contributed by atoms with Crippen molar-refractivity contribution in [3.05, 3.63) is 36.7 Å². The number of nitrogens with zero attached hydrogens (tertiary/aromatic N) is 1. The quantitative estimate of drug-likeness (QED) is 0.543. The zero-order valence-electron chi connectivity index (χ0n) is 10.7. The number of rotatable bonds is 6. The first kappa shape index (κ1) is 17.4. The fourth-order valence-electron chi connectivity index (χ4n) is 1.01. The molecule has 1 aromatic rings. The van der Waals surface area contributed by atoms with E-state index in [-0.39, 0.29) is 5.91 Å². The van der Waals surface area contributed by atoms with Crippen LogP contribution >= 0.6 is 0 Å². The number of nitrogens with one attached hydrogen (secondary N) is 1. The molecule has 1 heterocycles. The van der Waals surface area contributed by atoms with Crippen molar-refractivity contribution >= 4 is 17.8 Å². The van der Waals surface area contributed by atoms with Crippen molar-refractivity contribution < 1.29 is 24.6 Å². The number of hydrogen-bond donors (Lipinski definition) is 4. The largest absolute Gasteiger partial charge is 0.478 e. The summed E-state index contributed by atoms with van der Waals surface area (Å²) in [6.45, 7) is 0.555. The van der Waals surface area contributed by atoms with E-state index in [0.717, 1.165) is 6.42 Å². The zero-order chi connectivity index (χ0) is 15.4. The van der Waals surface area contributed by atoms with Gasteiger partial charge in [-0.25, -0.2) is 9.59 Å². The number of aromatic nitrogens is 1. The summed E-state index contributed by atoms with van der Waals surface area (Å²) >= 11 is 0. The third-order valence-electron chi connectivity index (χ3n) is 1.83. The number of nitrogens with two attached hydrogens (primary N) is 1. The molecule has 0 fully saturated rings. The summed E-state index contributed by atoms with van der Waals surface area (Å²) in [5.41, 5.74) is 7.94. The number of aliphatic carboxylic acids is 2. The lowest BCUT2D eigenvalue weighted by molar-refractivity contribution is -0.134. The topological polar surface area (TPSA) is 135 Å². The number of carboxylic acids is 2. The van der Waals surface area contributed by atoms with Gasteiger partial charge in [-0.15, -0.1) is 0 Å². The van der Waals surface area contributed by atoms with Crippen LogP contribution < -0.4 is 11.2 Å². The van der Waals surface area contributed by atoms with Crippen molar-refractivity contribution in [3.8, 4) is 0 Å². The third kappa shape index (κ3) is 10.5. The Hall–Kier alpha value is -2.61. The molecule has 0 aliphatic rings. The Morgan fingerprint density at radius 2 is 1.60 bits per heavy atom. The highest BCUT2D eigenvalue weighted by atomic mass is 16.4. The summed E-state index contributed by atoms with van der Waals surface area (Å²) in [5, 5.41) is 15.6. The van der Waals surface area contributed by atoms with Crippen LogP contribution in [0.25, 0.3) is 0 Å². The summed E-state index contributed by atoms with van der Waals surface area (Å²) in [4.78, 5) is 30.2. The van der Waals surface area contributed by atoms with Gasteiger partial charge in [0.15, 0.2) is 0 Å². The number of carbonyl (C=O) groups is 3. The van der Waals surface area contributed by atoms with Crippen LogP contribution in [0.5, 0.6) is 0 Å². The van der Waals surface area contributed by atoms with Crippen LogP contribution in [0.3, 0.4) is 0 Å². The summed E-state index contributed by atoms with van der Waals surface area (Å²) < 4.78 is 1.62. The molecular formula is C12H17N3O5. The van der Waals surface area contributed by atoms with Crippen LogP contribution in [0.1, 0.15) is 12.8 Å². The van der Waals surface area contributed by atoms with E-state index in [0.29, 0.717) is 25.1 Å². The lowest BCUT2D eigenvalue weighted by Gasteiger charge is -2.04. The molecule has 8 heteroatoms. The molecule has 1 amide bonds. The van der Waals surface area contributed by atoms with Gasteiger partial charge < -0.3 is 15.9 Å². The van der Waals surface area contributed by atoms with Gasteiger partial charge in [0.2, 0.25) is 5.91 Å². The second-order valence-electron chi connectivity index (χ2n) is 3.53. The van der Waals surface area contributed by atoms with Crippen LogP contribution in [0, 0.1) is 0 Å². The molecule has 0 aliphatic heterocycles. The monoisotopic (exact) mass is 283 g/mol. The molecule has 1 aromatic heterocycles. The van der Waals surface area contributed by atoms with Crippen molar-refractivity contribution in [2.75, 3.05) is 12.0 Å². The average molecular weight is 283 g/mol. The predicted octanol–water partition coefficient (Wildman–Crippen LogP) is 0.00890. The highest BCUT2D eigenvalue weighted by molar-refractivity contribution is 5.89. The van der Waals surface area contributed by atoms with Crippen molar-refractivity contribution in [2.24, 2.45) is 5.73 Å². The van der Waals surface area contributed by atoms with E-state index in [1.807, 2.05) is 12.1 Å². The molecule has 1 rings (SSSR count). The Morgan fingerprint density at radius 3 is 2.00 bits per heavy atom. The molecular weight excluding hydrogens is 266 g/mol. The van der Waals surface area contributed by atoms with E-state index < -0.39 is 11.9 Å². The average Bonchev–Trinajstić information content (AvgIpc) is 2.87. The summed E-state index contributed by atoms with van der Waals surface area (Å²) in [6, 6.07) is 3.70. The van der Waals surface area contributed by atoms with E-state index in [9.17, 15) is 14.4 Å². The van der Waals surface area contributed by atoms with Gasteiger partial charge in [0.25, 0.3) is 0 Å². The Balaban J connectivity index is 0.000000396. The molecule has 110 valence electrons. The lowest BCUT2D eigenvalue weighted by Crippen LogP contribution is -2.21. The second-order valence-corrected chi connectivity index (χ2v) is 3.53. The minimum atomic E-state index is -1.26. The highest BCUT2D eigenvalue weighted by Crippen LogP contribution is 1.89. The van der Waals surface area contributed by atoms with Crippen LogP contribution in [-0.4, -0.2) is 39.3 Å². The zero-order valence-corrected chi connectivity index (χ0v) is 10.7. The van der Waals surface area contributed by atoms with Gasteiger partial charge in [-0.3, -0.25) is 14.9 Å². The Labute approximate surface area is 115 Å². The van der Waals surface area contributed by atoms with Crippen molar-refractivity contribution in [1.29, 1.82) is 0 Å². The second kappa shape index (κ2) is 10.3. The maximum Gasteiger partial charge on any atom is 0.328 e. The Bertz CT molecular complexity index is 438. The number of carbonyl (C=O) groups excluding carboxylic acids is 1. The van der Waals surface area contributed by atoms with Crippen molar-refractivity contribution in [3.63, 3.8) is 0 Å². The van der Waals surface area contributed by atoms with E-state index in [2.05, 4.69) is 5.43 Å². The molecule has 0 saturated heterocycles. The van der Waals surface area contributed by atoms with E-state index in [1.165, 1.54) is 0 Å². The first-order chi connectivity index (χ1) is 9.45. The standard InChI is InChI=1S/C8H13N3O.C4H4O4/c9-5-3-4-8(12)10-11-6-1-2-7-11;5-3(6)1-2-4(7)8/h1-2,6-7H,3-5,9H2,(H,10,12);1-2H,(H,5,6)(H,7,8). The van der Waals surface area contributed by atoms with E-state index in [1.54, 1.807) is 17.1 Å². The Kier molecular flexibility index (Phi) is 8.98. The lowest BCUT2D eigenvalue weighted by atomic mass is 10.3. The molecule has 0 radical (unpaired) electrons. The first-order valence-corrected chi connectivity index (χ1v) is 5.72. The van der Waals surface area contributed by atoms with Gasteiger partial charge in [-0.1, -0.05) is 0 Å². The molecule has 5 N–H and O–H groups in total. The van der Waals surface area contributed by atoms with Crippen molar-refractivity contribution in [1.82, 2.24) is 4.68 Å². The molecule has 8 nitrogen and oxygen atoms in total. The summed E-state index contributed by atoms with van der Waals surface area (Å²) in [6.07, 6.45) is 5.88. The molecule has 0 atom stereocenters. The van der Waals surface area contributed by atoms with Crippen LogP contribution in [0.4, 0.5) is 0 Å². The fraction of sp³-hybridized carbons (Fsp3) is 0.250. The fourth-order valence-corrected chi connectivity index (χ4v) is 1.01. The third-order valence-corrected chi connectivity index (χ3v) is 1.83. The van der Waals surface area contributed by atoms with E-state index in [4.69, 9.17) is 15.9 Å². The number of amides is 1. The SMILES string of the molecule is NCCCC(=O)Nn1cccc1.O=C(O)C=CC(=O)O. The molecule has 0 saturated carbocycles. The molecule has 0 bridgehead atoms. The molecule has 0 unspecified atom stereocenters. The molecule has 0 aromatic carbocycles.